The van der Waals surface area contributed by atoms with Crippen molar-refractivity contribution in [2.75, 3.05) is 26.2 Å². The topological polar surface area (TPSA) is 41.9 Å². The molecule has 1 rings (SSSR count). The van der Waals surface area contributed by atoms with E-state index in [1.54, 1.807) is 11.8 Å². The summed E-state index contributed by atoms with van der Waals surface area (Å²) >= 11 is 0. The second kappa shape index (κ2) is 4.09. The summed E-state index contributed by atoms with van der Waals surface area (Å²) in [5.74, 6) is 0.765. The van der Waals surface area contributed by atoms with Gasteiger partial charge in [0.25, 0.3) is 0 Å². The number of hydrogen-bond donors (Lipinski definition) is 0. The first-order chi connectivity index (χ1) is 5.74. The number of aliphatic imine (C=N–C) groups is 1. The molecule has 0 aliphatic carbocycles. The van der Waals surface area contributed by atoms with Gasteiger partial charge in [-0.3, -0.25) is 9.79 Å². The molecule has 4 heteroatoms. The van der Waals surface area contributed by atoms with Gasteiger partial charge >= 0.3 is 0 Å². The fourth-order valence-electron chi connectivity index (χ4n) is 1.11. The first kappa shape index (κ1) is 9.03. The van der Waals surface area contributed by atoms with Gasteiger partial charge in [0.05, 0.1) is 19.7 Å². The highest BCUT2D eigenvalue weighted by Crippen LogP contribution is 1.99. The lowest BCUT2D eigenvalue weighted by Crippen LogP contribution is -2.40. The Morgan fingerprint density at radius 3 is 3.08 bits per heavy atom. The molecule has 0 atom stereocenters. The van der Waals surface area contributed by atoms with E-state index in [1.165, 1.54) is 0 Å². The maximum atomic E-state index is 11.0. The standard InChI is InChI=1S/C8H14N2O2/c1-3-12-8-6-10(7(2)11)5-4-9-8/h3-6H2,1-2H3. The molecule has 0 fully saturated rings. The fraction of sp³-hybridized carbons (Fsp3) is 0.750. The second-order valence-corrected chi connectivity index (χ2v) is 2.65. The molecule has 1 heterocycles. The average Bonchev–Trinajstić information content (AvgIpc) is 2.05. The molecule has 0 N–H and O–H groups in total. The fourth-order valence-corrected chi connectivity index (χ4v) is 1.11. The minimum absolute atomic E-state index is 0.0853. The molecule has 0 unspecified atom stereocenters. The van der Waals surface area contributed by atoms with Gasteiger partial charge in [-0.25, -0.2) is 0 Å². The Kier molecular flexibility index (Phi) is 3.08. The average molecular weight is 170 g/mol. The SMILES string of the molecule is CCOC1=NCCN(C(C)=O)C1. The first-order valence-electron chi connectivity index (χ1n) is 4.15. The Labute approximate surface area is 72.2 Å². The summed E-state index contributed by atoms with van der Waals surface area (Å²) in [5, 5.41) is 0. The van der Waals surface area contributed by atoms with E-state index in [9.17, 15) is 4.79 Å². The minimum atomic E-state index is 0.0853. The summed E-state index contributed by atoms with van der Waals surface area (Å²) in [6.45, 7) is 6.00. The van der Waals surface area contributed by atoms with Crippen LogP contribution >= 0.6 is 0 Å². The van der Waals surface area contributed by atoms with E-state index >= 15 is 0 Å². The normalized spacial score (nSPS) is 17.2. The highest BCUT2D eigenvalue weighted by molar-refractivity contribution is 5.84. The van der Waals surface area contributed by atoms with Crippen molar-refractivity contribution >= 4 is 11.8 Å². The first-order valence-corrected chi connectivity index (χ1v) is 4.15. The molecular formula is C8H14N2O2. The van der Waals surface area contributed by atoms with Crippen molar-refractivity contribution in [3.8, 4) is 0 Å². The molecule has 0 bridgehead atoms. The smallest absolute Gasteiger partial charge is 0.219 e. The lowest BCUT2D eigenvalue weighted by Gasteiger charge is -2.24. The highest BCUT2D eigenvalue weighted by atomic mass is 16.5. The van der Waals surface area contributed by atoms with Crippen molar-refractivity contribution < 1.29 is 9.53 Å². The number of hydrogen-bond acceptors (Lipinski definition) is 3. The highest BCUT2D eigenvalue weighted by Gasteiger charge is 2.16. The van der Waals surface area contributed by atoms with Crippen LogP contribution in [0.25, 0.3) is 0 Å². The number of carbonyl (C=O) groups excluding carboxylic acids is 1. The Hall–Kier alpha value is -1.06. The molecule has 0 aromatic heterocycles. The van der Waals surface area contributed by atoms with Crippen molar-refractivity contribution in [2.24, 2.45) is 4.99 Å². The predicted octanol–water partition coefficient (Wildman–Crippen LogP) is 0.284. The number of rotatable bonds is 1. The quantitative estimate of drug-likeness (QED) is 0.567. The van der Waals surface area contributed by atoms with Crippen molar-refractivity contribution in [1.82, 2.24) is 4.90 Å². The molecule has 0 saturated carbocycles. The van der Waals surface area contributed by atoms with Crippen LogP contribution in [0.1, 0.15) is 13.8 Å². The zero-order valence-electron chi connectivity index (χ0n) is 7.54. The van der Waals surface area contributed by atoms with Gasteiger partial charge < -0.3 is 9.64 Å². The van der Waals surface area contributed by atoms with Crippen LogP contribution < -0.4 is 0 Å². The van der Waals surface area contributed by atoms with E-state index in [1.807, 2.05) is 6.92 Å². The monoisotopic (exact) mass is 170 g/mol. The van der Waals surface area contributed by atoms with E-state index in [0.717, 1.165) is 0 Å². The van der Waals surface area contributed by atoms with Gasteiger partial charge in [0.1, 0.15) is 0 Å². The van der Waals surface area contributed by atoms with Gasteiger partial charge in [-0.15, -0.1) is 0 Å². The zero-order chi connectivity index (χ0) is 8.97. The molecule has 0 aromatic carbocycles. The molecule has 0 saturated heterocycles. The Morgan fingerprint density at radius 2 is 2.50 bits per heavy atom. The maximum Gasteiger partial charge on any atom is 0.219 e. The van der Waals surface area contributed by atoms with Crippen molar-refractivity contribution in [1.29, 1.82) is 0 Å². The molecular weight excluding hydrogens is 156 g/mol. The van der Waals surface area contributed by atoms with Crippen LogP contribution in [-0.2, 0) is 9.53 Å². The van der Waals surface area contributed by atoms with E-state index in [-0.39, 0.29) is 5.91 Å². The van der Waals surface area contributed by atoms with Gasteiger partial charge in [-0.1, -0.05) is 0 Å². The third-order valence-corrected chi connectivity index (χ3v) is 1.74. The molecule has 68 valence electrons. The third-order valence-electron chi connectivity index (χ3n) is 1.74. The number of amides is 1. The minimum Gasteiger partial charge on any atom is -0.480 e. The molecule has 4 nitrogen and oxygen atoms in total. The molecule has 12 heavy (non-hydrogen) atoms. The summed E-state index contributed by atoms with van der Waals surface area (Å²) in [6.07, 6.45) is 0. The second-order valence-electron chi connectivity index (χ2n) is 2.65. The number of nitrogens with zero attached hydrogens (tertiary/aromatic N) is 2. The number of ether oxygens (including phenoxy) is 1. The lowest BCUT2D eigenvalue weighted by atomic mass is 10.4. The van der Waals surface area contributed by atoms with Gasteiger partial charge in [0, 0.05) is 13.5 Å². The van der Waals surface area contributed by atoms with Crippen LogP contribution in [-0.4, -0.2) is 42.9 Å². The molecule has 0 aromatic rings. The Balaban J connectivity index is 2.47. The zero-order valence-corrected chi connectivity index (χ0v) is 7.54. The molecule has 1 aliphatic rings. The van der Waals surface area contributed by atoms with Gasteiger partial charge in [-0.2, -0.15) is 0 Å². The predicted molar refractivity (Wildman–Crippen MR) is 46.2 cm³/mol. The van der Waals surface area contributed by atoms with Crippen LogP contribution in [0.4, 0.5) is 0 Å². The maximum absolute atomic E-state index is 11.0. The molecule has 1 aliphatic heterocycles. The van der Waals surface area contributed by atoms with Gasteiger partial charge in [-0.05, 0) is 6.92 Å². The summed E-state index contributed by atoms with van der Waals surface area (Å²) in [5.41, 5.74) is 0. The van der Waals surface area contributed by atoms with Crippen LogP contribution in [0.15, 0.2) is 4.99 Å². The van der Waals surface area contributed by atoms with E-state index < -0.39 is 0 Å². The van der Waals surface area contributed by atoms with E-state index in [2.05, 4.69) is 4.99 Å². The summed E-state index contributed by atoms with van der Waals surface area (Å²) in [7, 11) is 0. The van der Waals surface area contributed by atoms with Gasteiger partial charge in [0.15, 0.2) is 0 Å². The van der Waals surface area contributed by atoms with Crippen LogP contribution in [0.5, 0.6) is 0 Å². The van der Waals surface area contributed by atoms with Crippen LogP contribution in [0.2, 0.25) is 0 Å². The summed E-state index contributed by atoms with van der Waals surface area (Å²) < 4.78 is 5.22. The van der Waals surface area contributed by atoms with Crippen molar-refractivity contribution in [3.05, 3.63) is 0 Å². The largest absolute Gasteiger partial charge is 0.480 e. The summed E-state index contributed by atoms with van der Waals surface area (Å²) in [6, 6.07) is 0. The third kappa shape index (κ3) is 2.22. The Morgan fingerprint density at radius 1 is 1.75 bits per heavy atom. The van der Waals surface area contributed by atoms with Gasteiger partial charge in [0.2, 0.25) is 11.8 Å². The molecule has 0 spiro atoms. The Bertz CT molecular complexity index is 201. The van der Waals surface area contributed by atoms with Crippen molar-refractivity contribution in [2.45, 2.75) is 13.8 Å². The molecule has 0 radical (unpaired) electrons. The number of carbonyl (C=O) groups is 1. The molecule has 1 amide bonds. The van der Waals surface area contributed by atoms with E-state index in [4.69, 9.17) is 4.74 Å². The lowest BCUT2D eigenvalue weighted by molar-refractivity contribution is -0.128. The van der Waals surface area contributed by atoms with Crippen LogP contribution in [0, 0.1) is 0 Å². The van der Waals surface area contributed by atoms with Crippen LogP contribution in [0.3, 0.4) is 0 Å². The summed E-state index contributed by atoms with van der Waals surface area (Å²) in [4.78, 5) is 16.9. The van der Waals surface area contributed by atoms with E-state index in [0.29, 0.717) is 32.1 Å². The van der Waals surface area contributed by atoms with Crippen molar-refractivity contribution in [3.63, 3.8) is 0 Å².